The summed E-state index contributed by atoms with van der Waals surface area (Å²) in [5, 5.41) is 16.6. The Morgan fingerprint density at radius 1 is 1.67 bits per heavy atom. The van der Waals surface area contributed by atoms with E-state index in [9.17, 15) is 4.79 Å². The second-order valence-corrected chi connectivity index (χ2v) is 1.33. The van der Waals surface area contributed by atoms with Crippen molar-refractivity contribution in [3.8, 4) is 0 Å². The smallest absolute Gasteiger partial charge is 0.257 e. The van der Waals surface area contributed by atoms with E-state index in [0.29, 0.717) is 0 Å². The first-order valence-corrected chi connectivity index (χ1v) is 2.15. The highest BCUT2D eigenvalue weighted by Gasteiger charge is 2.10. The Morgan fingerprint density at radius 2 is 2.11 bits per heavy atom. The fraction of sp³-hybridized carbons (Fsp3) is 0.200. The van der Waals surface area contributed by atoms with Gasteiger partial charge in [-0.15, -0.1) is 5.73 Å². The van der Waals surface area contributed by atoms with E-state index in [1.807, 2.05) is 5.73 Å². The predicted molar refractivity (Wildman–Crippen MR) is 30.1 cm³/mol. The summed E-state index contributed by atoms with van der Waals surface area (Å²) in [5.74, 6) is -0.931. The highest BCUT2D eigenvalue weighted by molar-refractivity contribution is 5.92. The molecule has 4 nitrogen and oxygen atoms in total. The van der Waals surface area contributed by atoms with Crippen molar-refractivity contribution in [3.63, 3.8) is 0 Å². The van der Waals surface area contributed by atoms with Crippen LogP contribution < -0.4 is 5.73 Å². The number of hydrogen-bond acceptors (Lipinski definition) is 3. The topological polar surface area (TPSA) is 83.6 Å². The zero-order chi connectivity index (χ0) is 7.44. The Morgan fingerprint density at radius 3 is 2.11 bits per heavy atom. The summed E-state index contributed by atoms with van der Waals surface area (Å²) in [5.41, 5.74) is 6.22. The average molecular weight is 129 g/mol. The minimum Gasteiger partial charge on any atom is -0.365 e. The Labute approximate surface area is 51.9 Å². The summed E-state index contributed by atoms with van der Waals surface area (Å²) in [7, 11) is 0. The third-order valence-corrected chi connectivity index (χ3v) is 0.714. The van der Waals surface area contributed by atoms with Gasteiger partial charge in [0.1, 0.15) is 5.57 Å². The maximum absolute atomic E-state index is 10.1. The molecule has 0 heterocycles. The second kappa shape index (κ2) is 3.04. The van der Waals surface area contributed by atoms with Crippen LogP contribution in [0.5, 0.6) is 0 Å². The van der Waals surface area contributed by atoms with E-state index in [2.05, 4.69) is 12.3 Å². The van der Waals surface area contributed by atoms with Gasteiger partial charge in [0.25, 0.3) is 5.91 Å². The third kappa shape index (κ3) is 2.10. The van der Waals surface area contributed by atoms with Crippen LogP contribution in [-0.4, -0.2) is 22.4 Å². The molecule has 0 unspecified atom stereocenters. The molecule has 0 radical (unpaired) electrons. The molecular weight excluding hydrogens is 122 g/mol. The van der Waals surface area contributed by atoms with Gasteiger partial charge in [0.2, 0.25) is 0 Å². The van der Waals surface area contributed by atoms with Gasteiger partial charge in [0, 0.05) is 0 Å². The first kappa shape index (κ1) is 7.91. The van der Waals surface area contributed by atoms with Crippen molar-refractivity contribution in [2.75, 3.05) is 0 Å². The molecule has 50 valence electrons. The molecule has 0 aromatic carbocycles. The molecule has 0 aromatic heterocycles. The van der Waals surface area contributed by atoms with Gasteiger partial charge in [-0.25, -0.2) is 0 Å². The highest BCUT2D eigenvalue weighted by atomic mass is 16.5. The molecule has 0 saturated carbocycles. The summed E-state index contributed by atoms with van der Waals surface area (Å²) < 4.78 is 0. The summed E-state index contributed by atoms with van der Waals surface area (Å²) >= 11 is 0. The molecule has 0 saturated heterocycles. The monoisotopic (exact) mass is 129 g/mol. The normalized spacial score (nSPS) is 8.78. The third-order valence-electron chi connectivity index (χ3n) is 0.714. The Hall–Kier alpha value is -1.09. The quantitative estimate of drug-likeness (QED) is 0.241. The van der Waals surface area contributed by atoms with Crippen molar-refractivity contribution in [3.05, 3.63) is 17.9 Å². The lowest BCUT2D eigenvalue weighted by atomic mass is 10.3. The Kier molecular flexibility index (Phi) is 2.67. The SMILES string of the molecule is C=C=C(C(N)=O)C(O)O. The van der Waals surface area contributed by atoms with E-state index in [1.165, 1.54) is 0 Å². The Bertz CT molecular complexity index is 167. The number of amides is 1. The van der Waals surface area contributed by atoms with E-state index in [1.54, 1.807) is 0 Å². The van der Waals surface area contributed by atoms with E-state index in [-0.39, 0.29) is 0 Å². The lowest BCUT2D eigenvalue weighted by Crippen LogP contribution is -2.22. The molecule has 0 fully saturated rings. The van der Waals surface area contributed by atoms with Gasteiger partial charge >= 0.3 is 0 Å². The molecule has 0 aliphatic rings. The average Bonchev–Trinajstić information content (AvgIpc) is 1.64. The number of carbonyl (C=O) groups excluding carboxylic acids is 1. The van der Waals surface area contributed by atoms with Crippen LogP contribution in [-0.2, 0) is 4.79 Å². The number of aliphatic hydroxyl groups is 2. The molecular formula is C5H7NO3. The van der Waals surface area contributed by atoms with Gasteiger partial charge in [-0.05, 0) is 0 Å². The van der Waals surface area contributed by atoms with Gasteiger partial charge in [-0.3, -0.25) is 4.79 Å². The summed E-state index contributed by atoms with van der Waals surface area (Å²) in [6, 6.07) is 0. The van der Waals surface area contributed by atoms with Crippen molar-refractivity contribution in [1.29, 1.82) is 0 Å². The highest BCUT2D eigenvalue weighted by Crippen LogP contribution is 1.93. The van der Waals surface area contributed by atoms with Crippen molar-refractivity contribution in [1.82, 2.24) is 0 Å². The van der Waals surface area contributed by atoms with Gasteiger partial charge in [0.15, 0.2) is 6.29 Å². The van der Waals surface area contributed by atoms with Crippen LogP contribution in [0.2, 0.25) is 0 Å². The molecule has 0 bridgehead atoms. The number of nitrogens with two attached hydrogens (primary N) is 1. The number of carbonyl (C=O) groups is 1. The molecule has 1 amide bonds. The van der Waals surface area contributed by atoms with Crippen molar-refractivity contribution >= 4 is 5.91 Å². The van der Waals surface area contributed by atoms with Gasteiger partial charge < -0.3 is 15.9 Å². The van der Waals surface area contributed by atoms with Crippen LogP contribution >= 0.6 is 0 Å². The number of rotatable bonds is 2. The fourth-order valence-electron chi connectivity index (χ4n) is 0.306. The number of primary amides is 1. The zero-order valence-corrected chi connectivity index (χ0v) is 4.66. The first-order chi connectivity index (χ1) is 4.09. The molecule has 4 heteroatoms. The van der Waals surface area contributed by atoms with E-state index < -0.39 is 17.8 Å². The van der Waals surface area contributed by atoms with Crippen LogP contribution in [0.4, 0.5) is 0 Å². The van der Waals surface area contributed by atoms with Crippen LogP contribution in [0.3, 0.4) is 0 Å². The summed E-state index contributed by atoms with van der Waals surface area (Å²) in [6.07, 6.45) is -1.88. The largest absolute Gasteiger partial charge is 0.365 e. The van der Waals surface area contributed by atoms with Crippen molar-refractivity contribution < 1.29 is 15.0 Å². The summed E-state index contributed by atoms with van der Waals surface area (Å²) in [4.78, 5) is 10.1. The van der Waals surface area contributed by atoms with Gasteiger partial charge in [-0.2, -0.15) is 0 Å². The molecule has 4 N–H and O–H groups in total. The predicted octanol–water partition coefficient (Wildman–Crippen LogP) is -1.51. The van der Waals surface area contributed by atoms with Crippen LogP contribution in [0.1, 0.15) is 0 Å². The molecule has 0 spiro atoms. The van der Waals surface area contributed by atoms with Crippen LogP contribution in [0, 0.1) is 0 Å². The fourth-order valence-corrected chi connectivity index (χ4v) is 0.306. The van der Waals surface area contributed by atoms with E-state index >= 15 is 0 Å². The van der Waals surface area contributed by atoms with Crippen LogP contribution in [0.15, 0.2) is 17.9 Å². The lowest BCUT2D eigenvalue weighted by molar-refractivity contribution is -0.118. The maximum atomic E-state index is 10.1. The first-order valence-electron chi connectivity index (χ1n) is 2.15. The van der Waals surface area contributed by atoms with Crippen molar-refractivity contribution in [2.24, 2.45) is 5.73 Å². The maximum Gasteiger partial charge on any atom is 0.257 e. The van der Waals surface area contributed by atoms with E-state index in [0.717, 1.165) is 0 Å². The van der Waals surface area contributed by atoms with E-state index in [4.69, 9.17) is 10.2 Å². The number of aliphatic hydroxyl groups excluding tert-OH is 1. The standard InChI is InChI=1S/C5H7NO3/c1-2-3(4(6)7)5(8)9/h5,8-9H,1H2,(H2,6,7). The lowest BCUT2D eigenvalue weighted by Gasteiger charge is -1.99. The zero-order valence-electron chi connectivity index (χ0n) is 4.66. The minimum absolute atomic E-state index is 0.421. The molecule has 9 heavy (non-hydrogen) atoms. The van der Waals surface area contributed by atoms with Crippen molar-refractivity contribution in [2.45, 2.75) is 6.29 Å². The van der Waals surface area contributed by atoms with Crippen LogP contribution in [0.25, 0.3) is 0 Å². The molecule has 0 aromatic rings. The Balaban J connectivity index is 4.38. The molecule has 0 aliphatic carbocycles. The molecule has 0 atom stereocenters. The number of hydrogen-bond donors (Lipinski definition) is 3. The van der Waals surface area contributed by atoms with Gasteiger partial charge in [-0.1, -0.05) is 6.58 Å². The second-order valence-electron chi connectivity index (χ2n) is 1.33. The summed E-state index contributed by atoms with van der Waals surface area (Å²) in [6.45, 7) is 3.02. The minimum atomic E-state index is -1.88. The molecule has 0 aliphatic heterocycles. The molecule has 0 rings (SSSR count). The van der Waals surface area contributed by atoms with Gasteiger partial charge in [0.05, 0.1) is 0 Å².